The first-order valence-electron chi connectivity index (χ1n) is 7.36. The van der Waals surface area contributed by atoms with Gasteiger partial charge in [-0.3, -0.25) is 4.79 Å². The molecule has 1 amide bonds. The topological polar surface area (TPSA) is 82.4 Å². The molecule has 23 heavy (non-hydrogen) atoms. The summed E-state index contributed by atoms with van der Waals surface area (Å²) in [6, 6.07) is 9.00. The Kier molecular flexibility index (Phi) is 6.14. The highest BCUT2D eigenvalue weighted by Crippen LogP contribution is 2.16. The SMILES string of the molecule is CC(C)[C@@](C)(C#N)NC(=O)COC(=O)c1cccc(N(C)C)c1. The molecule has 1 atom stereocenters. The number of benzene rings is 1. The number of nitriles is 1. The molecule has 6 heteroatoms. The summed E-state index contributed by atoms with van der Waals surface area (Å²) < 4.78 is 5.02. The van der Waals surface area contributed by atoms with Crippen molar-refractivity contribution in [2.24, 2.45) is 5.92 Å². The first-order chi connectivity index (χ1) is 10.7. The lowest BCUT2D eigenvalue weighted by molar-refractivity contribution is -0.125. The van der Waals surface area contributed by atoms with E-state index in [9.17, 15) is 9.59 Å². The third-order valence-electron chi connectivity index (χ3n) is 3.72. The second-order valence-electron chi connectivity index (χ2n) is 6.04. The van der Waals surface area contributed by atoms with Gasteiger partial charge in [-0.1, -0.05) is 19.9 Å². The molecule has 0 saturated carbocycles. The molecule has 1 rings (SSSR count). The normalized spacial score (nSPS) is 12.9. The molecule has 1 aromatic carbocycles. The number of carbonyl (C=O) groups is 2. The Labute approximate surface area is 137 Å². The zero-order chi connectivity index (χ0) is 17.6. The summed E-state index contributed by atoms with van der Waals surface area (Å²) in [4.78, 5) is 25.8. The van der Waals surface area contributed by atoms with E-state index >= 15 is 0 Å². The van der Waals surface area contributed by atoms with Crippen molar-refractivity contribution in [3.8, 4) is 6.07 Å². The predicted octanol–water partition coefficient (Wildman–Crippen LogP) is 1.96. The van der Waals surface area contributed by atoms with Crippen LogP contribution in [0.1, 0.15) is 31.1 Å². The highest BCUT2D eigenvalue weighted by atomic mass is 16.5. The molecule has 0 saturated heterocycles. The van der Waals surface area contributed by atoms with Gasteiger partial charge in [0, 0.05) is 19.8 Å². The third-order valence-corrected chi connectivity index (χ3v) is 3.72. The Hall–Kier alpha value is -2.55. The van der Waals surface area contributed by atoms with Crippen molar-refractivity contribution < 1.29 is 14.3 Å². The lowest BCUT2D eigenvalue weighted by Crippen LogP contribution is -2.50. The summed E-state index contributed by atoms with van der Waals surface area (Å²) in [5.74, 6) is -1.14. The smallest absolute Gasteiger partial charge is 0.338 e. The quantitative estimate of drug-likeness (QED) is 0.811. The maximum atomic E-state index is 12.0. The molecule has 0 heterocycles. The average Bonchev–Trinajstić information content (AvgIpc) is 2.52. The van der Waals surface area contributed by atoms with Gasteiger partial charge in [0.25, 0.3) is 5.91 Å². The number of carbonyl (C=O) groups excluding carboxylic acids is 2. The molecule has 0 unspecified atom stereocenters. The molecule has 0 spiro atoms. The molecule has 0 aliphatic carbocycles. The van der Waals surface area contributed by atoms with Crippen LogP contribution in [0.5, 0.6) is 0 Å². The Morgan fingerprint density at radius 2 is 2.04 bits per heavy atom. The molecule has 1 N–H and O–H groups in total. The number of hydrogen-bond acceptors (Lipinski definition) is 5. The fourth-order valence-electron chi connectivity index (χ4n) is 1.75. The van der Waals surface area contributed by atoms with Crippen LogP contribution in [0.2, 0.25) is 0 Å². The first-order valence-corrected chi connectivity index (χ1v) is 7.36. The fraction of sp³-hybridized carbons (Fsp3) is 0.471. The molecule has 0 bridgehead atoms. The number of ether oxygens (including phenoxy) is 1. The summed E-state index contributed by atoms with van der Waals surface area (Å²) in [6.45, 7) is 4.89. The first kappa shape index (κ1) is 18.5. The van der Waals surface area contributed by atoms with Crippen molar-refractivity contribution >= 4 is 17.6 Å². The van der Waals surface area contributed by atoms with Crippen molar-refractivity contribution in [2.45, 2.75) is 26.3 Å². The standard InChI is InChI=1S/C17H23N3O3/c1-12(2)17(3,11-18)19-15(21)10-23-16(22)13-7-6-8-14(9-13)20(4)5/h6-9,12H,10H2,1-5H3,(H,19,21)/t17-/m1/s1. The van der Waals surface area contributed by atoms with E-state index in [1.54, 1.807) is 25.1 Å². The van der Waals surface area contributed by atoms with Crippen LogP contribution >= 0.6 is 0 Å². The Morgan fingerprint density at radius 1 is 1.39 bits per heavy atom. The summed E-state index contributed by atoms with van der Waals surface area (Å²) in [5, 5.41) is 11.8. The van der Waals surface area contributed by atoms with Crippen molar-refractivity contribution in [1.29, 1.82) is 5.26 Å². The minimum absolute atomic E-state index is 0.0658. The van der Waals surface area contributed by atoms with Gasteiger partial charge in [-0.05, 0) is 31.0 Å². The number of nitrogens with zero attached hydrogens (tertiary/aromatic N) is 2. The minimum atomic E-state index is -0.992. The highest BCUT2D eigenvalue weighted by Gasteiger charge is 2.30. The minimum Gasteiger partial charge on any atom is -0.452 e. The highest BCUT2D eigenvalue weighted by molar-refractivity contribution is 5.92. The summed E-state index contributed by atoms with van der Waals surface area (Å²) >= 11 is 0. The summed E-state index contributed by atoms with van der Waals surface area (Å²) in [5.41, 5.74) is 0.241. The predicted molar refractivity (Wildman–Crippen MR) is 88.1 cm³/mol. The van der Waals surface area contributed by atoms with E-state index in [-0.39, 0.29) is 5.92 Å². The molecule has 1 aromatic rings. The van der Waals surface area contributed by atoms with E-state index in [0.717, 1.165) is 5.69 Å². The number of anilines is 1. The van der Waals surface area contributed by atoms with Crippen LogP contribution in [-0.4, -0.2) is 38.1 Å². The van der Waals surface area contributed by atoms with Gasteiger partial charge in [0.15, 0.2) is 6.61 Å². The van der Waals surface area contributed by atoms with Crippen molar-refractivity contribution in [3.05, 3.63) is 29.8 Å². The molecule has 0 fully saturated rings. The number of esters is 1. The molecule has 0 aliphatic rings. The molecule has 0 aromatic heterocycles. The molecule has 0 radical (unpaired) electrons. The molecule has 0 aliphatic heterocycles. The molecule has 6 nitrogen and oxygen atoms in total. The molecule has 124 valence electrons. The van der Waals surface area contributed by atoms with Crippen LogP contribution < -0.4 is 10.2 Å². The molecular formula is C17H23N3O3. The Morgan fingerprint density at radius 3 is 2.57 bits per heavy atom. The maximum absolute atomic E-state index is 12.0. The maximum Gasteiger partial charge on any atom is 0.338 e. The van der Waals surface area contributed by atoms with Gasteiger partial charge in [-0.25, -0.2) is 4.79 Å². The van der Waals surface area contributed by atoms with Crippen LogP contribution in [0.4, 0.5) is 5.69 Å². The van der Waals surface area contributed by atoms with Crippen LogP contribution in [0.25, 0.3) is 0 Å². The van der Waals surface area contributed by atoms with E-state index in [2.05, 4.69) is 11.4 Å². The van der Waals surface area contributed by atoms with Crippen molar-refractivity contribution in [2.75, 3.05) is 25.6 Å². The van der Waals surface area contributed by atoms with Gasteiger partial charge < -0.3 is 15.0 Å². The number of hydrogen-bond donors (Lipinski definition) is 1. The zero-order valence-electron chi connectivity index (χ0n) is 14.2. The van der Waals surface area contributed by atoms with E-state index in [4.69, 9.17) is 10.00 Å². The van der Waals surface area contributed by atoms with Gasteiger partial charge in [-0.2, -0.15) is 5.26 Å². The van der Waals surface area contributed by atoms with Gasteiger partial charge >= 0.3 is 5.97 Å². The van der Waals surface area contributed by atoms with Crippen molar-refractivity contribution in [1.82, 2.24) is 5.32 Å². The van der Waals surface area contributed by atoms with Crippen LogP contribution in [-0.2, 0) is 9.53 Å². The van der Waals surface area contributed by atoms with Crippen LogP contribution in [0, 0.1) is 17.2 Å². The number of nitrogens with one attached hydrogen (secondary N) is 1. The lowest BCUT2D eigenvalue weighted by Gasteiger charge is -2.27. The largest absolute Gasteiger partial charge is 0.452 e. The lowest BCUT2D eigenvalue weighted by atomic mass is 9.90. The van der Waals surface area contributed by atoms with Gasteiger partial charge in [0.1, 0.15) is 5.54 Å². The second-order valence-corrected chi connectivity index (χ2v) is 6.04. The molecular weight excluding hydrogens is 294 g/mol. The monoisotopic (exact) mass is 317 g/mol. The number of amides is 1. The van der Waals surface area contributed by atoms with Crippen LogP contribution in [0.15, 0.2) is 24.3 Å². The van der Waals surface area contributed by atoms with E-state index in [0.29, 0.717) is 5.56 Å². The third kappa shape index (κ3) is 4.99. The van der Waals surface area contributed by atoms with E-state index < -0.39 is 24.0 Å². The Balaban J connectivity index is 2.65. The van der Waals surface area contributed by atoms with Crippen molar-refractivity contribution in [3.63, 3.8) is 0 Å². The average molecular weight is 317 g/mol. The van der Waals surface area contributed by atoms with Gasteiger partial charge in [0.05, 0.1) is 11.6 Å². The summed E-state index contributed by atoms with van der Waals surface area (Å²) in [7, 11) is 3.74. The summed E-state index contributed by atoms with van der Waals surface area (Å²) in [6.07, 6.45) is 0. The van der Waals surface area contributed by atoms with Gasteiger partial charge in [0.2, 0.25) is 0 Å². The second kappa shape index (κ2) is 7.63. The Bertz CT molecular complexity index is 620. The van der Waals surface area contributed by atoms with Gasteiger partial charge in [-0.15, -0.1) is 0 Å². The fourth-order valence-corrected chi connectivity index (χ4v) is 1.75. The van der Waals surface area contributed by atoms with E-state index in [1.807, 2.05) is 38.9 Å². The van der Waals surface area contributed by atoms with Crippen LogP contribution in [0.3, 0.4) is 0 Å². The van der Waals surface area contributed by atoms with E-state index in [1.165, 1.54) is 0 Å². The zero-order valence-corrected chi connectivity index (χ0v) is 14.2. The number of rotatable bonds is 6.